The van der Waals surface area contributed by atoms with Gasteiger partial charge in [0.05, 0.1) is 12.3 Å². The summed E-state index contributed by atoms with van der Waals surface area (Å²) in [6, 6.07) is 2.91. The van der Waals surface area contributed by atoms with Gasteiger partial charge < -0.3 is 10.4 Å². The highest BCUT2D eigenvalue weighted by Crippen LogP contribution is 2.13. The van der Waals surface area contributed by atoms with Crippen molar-refractivity contribution in [2.45, 2.75) is 32.8 Å². The number of nitrogens with zero attached hydrogens (tertiary/aromatic N) is 1. The van der Waals surface area contributed by atoms with Crippen LogP contribution in [0.3, 0.4) is 0 Å². The maximum absolute atomic E-state index is 12.6. The standard InChI is InChI=1S/C12H19FN2O/c1-3-9(4-2)11(16)8-15-12-6-5-10(13)7-14-12/h5-7,9,11,16H,3-4,8H2,1-2H3,(H,14,15). The fourth-order valence-electron chi connectivity index (χ4n) is 1.69. The van der Waals surface area contributed by atoms with Crippen LogP contribution in [0.5, 0.6) is 0 Å². The molecular weight excluding hydrogens is 207 g/mol. The normalized spacial score (nSPS) is 12.8. The Morgan fingerprint density at radius 1 is 1.38 bits per heavy atom. The highest BCUT2D eigenvalue weighted by Gasteiger charge is 2.14. The third-order valence-electron chi connectivity index (χ3n) is 2.81. The molecule has 16 heavy (non-hydrogen) atoms. The van der Waals surface area contributed by atoms with Crippen molar-refractivity contribution in [2.24, 2.45) is 5.92 Å². The number of hydrogen-bond donors (Lipinski definition) is 2. The first kappa shape index (κ1) is 12.9. The van der Waals surface area contributed by atoms with Gasteiger partial charge in [0.15, 0.2) is 0 Å². The Bertz CT molecular complexity index is 298. The second-order valence-electron chi connectivity index (χ2n) is 3.89. The number of rotatable bonds is 6. The Labute approximate surface area is 95.7 Å². The average Bonchev–Trinajstić information content (AvgIpc) is 2.30. The first-order valence-corrected chi connectivity index (χ1v) is 5.70. The molecule has 0 aliphatic rings. The van der Waals surface area contributed by atoms with Crippen molar-refractivity contribution >= 4 is 5.82 Å². The molecule has 0 amide bonds. The molecular formula is C12H19FN2O. The molecule has 90 valence electrons. The summed E-state index contributed by atoms with van der Waals surface area (Å²) in [5.74, 6) is 0.533. The van der Waals surface area contributed by atoms with Gasteiger partial charge in [0.2, 0.25) is 0 Å². The summed E-state index contributed by atoms with van der Waals surface area (Å²) in [5, 5.41) is 12.9. The third-order valence-corrected chi connectivity index (χ3v) is 2.81. The van der Waals surface area contributed by atoms with Gasteiger partial charge in [0.25, 0.3) is 0 Å². The van der Waals surface area contributed by atoms with E-state index in [1.165, 1.54) is 6.07 Å². The zero-order valence-corrected chi connectivity index (χ0v) is 9.78. The van der Waals surface area contributed by atoms with Crippen LogP contribution >= 0.6 is 0 Å². The Hall–Kier alpha value is -1.16. The first-order valence-electron chi connectivity index (χ1n) is 5.70. The molecule has 1 atom stereocenters. The molecule has 0 fully saturated rings. The van der Waals surface area contributed by atoms with E-state index in [4.69, 9.17) is 0 Å². The number of pyridine rings is 1. The van der Waals surface area contributed by atoms with Gasteiger partial charge in [0, 0.05) is 6.54 Å². The topological polar surface area (TPSA) is 45.1 Å². The molecule has 0 radical (unpaired) electrons. The number of hydrogen-bond acceptors (Lipinski definition) is 3. The van der Waals surface area contributed by atoms with Crippen molar-refractivity contribution in [3.8, 4) is 0 Å². The SMILES string of the molecule is CCC(CC)C(O)CNc1ccc(F)cn1. The Balaban J connectivity index is 2.42. The van der Waals surface area contributed by atoms with Crippen LogP contribution in [-0.4, -0.2) is 22.7 Å². The van der Waals surface area contributed by atoms with Crippen molar-refractivity contribution in [3.63, 3.8) is 0 Å². The molecule has 0 spiro atoms. The van der Waals surface area contributed by atoms with Crippen LogP contribution in [0.1, 0.15) is 26.7 Å². The predicted octanol–water partition coefficient (Wildman–Crippen LogP) is 2.43. The highest BCUT2D eigenvalue weighted by molar-refractivity contribution is 5.33. The van der Waals surface area contributed by atoms with Gasteiger partial charge in [-0.3, -0.25) is 0 Å². The molecule has 3 nitrogen and oxygen atoms in total. The summed E-state index contributed by atoms with van der Waals surface area (Å²) in [7, 11) is 0. The van der Waals surface area contributed by atoms with Gasteiger partial charge in [-0.1, -0.05) is 26.7 Å². The first-order chi connectivity index (χ1) is 7.67. The molecule has 0 aliphatic carbocycles. The summed E-state index contributed by atoms with van der Waals surface area (Å²) in [6.07, 6.45) is 2.68. The van der Waals surface area contributed by atoms with Gasteiger partial charge in [-0.2, -0.15) is 0 Å². The van der Waals surface area contributed by atoms with Crippen LogP contribution in [0.2, 0.25) is 0 Å². The second kappa shape index (κ2) is 6.43. The number of nitrogens with one attached hydrogen (secondary N) is 1. The van der Waals surface area contributed by atoms with Crippen molar-refractivity contribution in [1.29, 1.82) is 0 Å². The lowest BCUT2D eigenvalue weighted by atomic mass is 9.97. The lowest BCUT2D eigenvalue weighted by molar-refractivity contribution is 0.114. The van der Waals surface area contributed by atoms with Crippen molar-refractivity contribution in [3.05, 3.63) is 24.1 Å². The minimum atomic E-state index is -0.387. The molecule has 0 saturated carbocycles. The Kier molecular flexibility index (Phi) is 5.19. The van der Waals surface area contributed by atoms with Crippen LogP contribution in [0, 0.1) is 11.7 Å². The van der Waals surface area contributed by atoms with Crippen molar-refractivity contribution in [2.75, 3.05) is 11.9 Å². The van der Waals surface area contributed by atoms with Crippen molar-refractivity contribution < 1.29 is 9.50 Å². The molecule has 0 bridgehead atoms. The highest BCUT2D eigenvalue weighted by atomic mass is 19.1. The maximum atomic E-state index is 12.6. The lowest BCUT2D eigenvalue weighted by Gasteiger charge is -2.20. The van der Waals surface area contributed by atoms with E-state index in [-0.39, 0.29) is 11.9 Å². The van der Waals surface area contributed by atoms with Crippen LogP contribution < -0.4 is 5.32 Å². The van der Waals surface area contributed by atoms with Gasteiger partial charge in [-0.15, -0.1) is 0 Å². The van der Waals surface area contributed by atoms with E-state index in [0.29, 0.717) is 18.3 Å². The number of halogens is 1. The quantitative estimate of drug-likeness (QED) is 0.783. The third kappa shape index (κ3) is 3.77. The van der Waals surface area contributed by atoms with Crippen LogP contribution in [-0.2, 0) is 0 Å². The summed E-state index contributed by atoms with van der Waals surface area (Å²) in [5.41, 5.74) is 0. The van der Waals surface area contributed by atoms with Crippen LogP contribution in [0.15, 0.2) is 18.3 Å². The molecule has 2 N–H and O–H groups in total. The van der Waals surface area contributed by atoms with Crippen LogP contribution in [0.25, 0.3) is 0 Å². The smallest absolute Gasteiger partial charge is 0.141 e. The number of aliphatic hydroxyl groups is 1. The number of anilines is 1. The van der Waals surface area contributed by atoms with E-state index in [2.05, 4.69) is 24.1 Å². The zero-order chi connectivity index (χ0) is 12.0. The average molecular weight is 226 g/mol. The molecule has 1 rings (SSSR count). The minimum absolute atomic E-state index is 0.299. The Morgan fingerprint density at radius 2 is 2.06 bits per heavy atom. The predicted molar refractivity (Wildman–Crippen MR) is 62.8 cm³/mol. The molecule has 0 saturated heterocycles. The molecule has 0 aliphatic heterocycles. The van der Waals surface area contributed by atoms with E-state index in [1.807, 2.05) is 0 Å². The summed E-state index contributed by atoms with van der Waals surface area (Å²) in [6.45, 7) is 4.58. The lowest BCUT2D eigenvalue weighted by Crippen LogP contribution is -2.27. The summed E-state index contributed by atoms with van der Waals surface area (Å²) < 4.78 is 12.6. The molecule has 4 heteroatoms. The Morgan fingerprint density at radius 3 is 2.56 bits per heavy atom. The monoisotopic (exact) mass is 226 g/mol. The molecule has 1 unspecified atom stereocenters. The molecule has 1 aromatic rings. The zero-order valence-electron chi connectivity index (χ0n) is 9.78. The largest absolute Gasteiger partial charge is 0.391 e. The molecule has 1 heterocycles. The van der Waals surface area contributed by atoms with Gasteiger partial charge in [-0.05, 0) is 18.1 Å². The van der Waals surface area contributed by atoms with Crippen LogP contribution in [0.4, 0.5) is 10.2 Å². The van der Waals surface area contributed by atoms with Gasteiger partial charge in [-0.25, -0.2) is 9.37 Å². The second-order valence-corrected chi connectivity index (χ2v) is 3.89. The maximum Gasteiger partial charge on any atom is 0.141 e. The molecule has 0 aromatic carbocycles. The molecule has 1 aromatic heterocycles. The van der Waals surface area contributed by atoms with E-state index in [9.17, 15) is 9.50 Å². The van der Waals surface area contributed by atoms with Gasteiger partial charge in [0.1, 0.15) is 11.6 Å². The minimum Gasteiger partial charge on any atom is -0.391 e. The van der Waals surface area contributed by atoms with Gasteiger partial charge >= 0.3 is 0 Å². The van der Waals surface area contributed by atoms with E-state index in [0.717, 1.165) is 19.0 Å². The fraction of sp³-hybridized carbons (Fsp3) is 0.583. The fourth-order valence-corrected chi connectivity index (χ4v) is 1.69. The number of aromatic nitrogens is 1. The summed E-state index contributed by atoms with van der Waals surface area (Å²) >= 11 is 0. The summed E-state index contributed by atoms with van der Waals surface area (Å²) in [4.78, 5) is 3.86. The van der Waals surface area contributed by atoms with Crippen molar-refractivity contribution in [1.82, 2.24) is 4.98 Å². The van der Waals surface area contributed by atoms with E-state index in [1.54, 1.807) is 6.07 Å². The van der Waals surface area contributed by atoms with E-state index < -0.39 is 0 Å². The van der Waals surface area contributed by atoms with E-state index >= 15 is 0 Å². The number of aliphatic hydroxyl groups excluding tert-OH is 1.